The minimum absolute atomic E-state index is 0. The molecule has 7 fully saturated rings. The number of morpholine rings is 1. The van der Waals surface area contributed by atoms with Crippen LogP contribution >= 0.6 is 12.2 Å². The lowest BCUT2D eigenvalue weighted by Crippen LogP contribution is -3.00. The van der Waals surface area contributed by atoms with Crippen molar-refractivity contribution in [2.24, 2.45) is 27.1 Å². The molecule has 7 aliphatic rings. The molecule has 488 valence electrons. The van der Waals surface area contributed by atoms with Crippen molar-refractivity contribution in [3.05, 3.63) is 0 Å². The summed E-state index contributed by atoms with van der Waals surface area (Å²) in [5.41, 5.74) is 3.96. The number of rotatable bonds is 17. The Morgan fingerprint density at radius 3 is 1.41 bits per heavy atom. The van der Waals surface area contributed by atoms with Gasteiger partial charge in [0.25, 0.3) is 5.91 Å². The molecule has 0 aromatic heterocycles. The van der Waals surface area contributed by atoms with Crippen LogP contribution < -0.4 is 50.0 Å². The number of nitrogens with one attached hydrogen (secondary N) is 6. The maximum absolute atomic E-state index is 13.3. The number of thiocarbonyl (C=S) groups is 1. The number of quaternary nitrogens is 1. The van der Waals surface area contributed by atoms with Gasteiger partial charge in [-0.05, 0) is 84.4 Å². The zero-order valence-electron chi connectivity index (χ0n) is 51.0. The van der Waals surface area contributed by atoms with Crippen molar-refractivity contribution in [2.45, 2.75) is 212 Å². The SMILES string of the molecule is CCOC(=O)N=S.CCOC(=O)NC(=N[C@@H](CC1CCCCC1)C(=O)N[C@@H]1C(=O)CO[C@H]1C)N1CCOCC1.CCOC(=O)NC(=S)N[C@@H](CC1CCCCC1)C(=O)N[C@@H]1C(=O)CO[C@H]1C.C[C@@H]1OCC(=O)[C@H]1NC(=O)[C@@H]([NH3+])CC1CCCCC1.[Cl-]. The number of hydrogen-bond acceptors (Lipinski definition) is 19. The van der Waals surface area contributed by atoms with Crippen LogP contribution in [-0.4, -0.2) is 190 Å². The number of ether oxygens (including phenoxy) is 7. The van der Waals surface area contributed by atoms with Gasteiger partial charge in [0.2, 0.25) is 17.8 Å². The van der Waals surface area contributed by atoms with Gasteiger partial charge in [-0.2, -0.15) is 0 Å². The number of carbonyl (C=O) groups is 9. The number of nitrogens with zero attached hydrogens (tertiary/aromatic N) is 3. The van der Waals surface area contributed by atoms with Gasteiger partial charge >= 0.3 is 18.3 Å². The lowest BCUT2D eigenvalue weighted by Gasteiger charge is -2.31. The second kappa shape index (κ2) is 41.2. The number of guanidine groups is 1. The molecule has 26 nitrogen and oxygen atoms in total. The standard InChI is InChI=1S/C22H36N4O6.C18H29N3O5S.C14H24N2O3.C3H5NO2S.ClH/c1-3-31-22(29)25-21(26-9-11-30-12-10-26)23-17(13-16-7-5-4-6-8-16)20(28)24-19-15(2)32-14-18(19)27;1-3-25-18(24)21-17(27)19-13(9-12-7-5-4-6-8-12)16(23)20-15-11(2)26-10-14(15)22;1-9-13(12(17)8-19-9)16-14(18)11(15)7-10-5-3-2-4-6-10;1-2-6-3(5)4-7;/h15-17,19H,3-14H2,1-2H3,(H,24,28)(H,23,25,29);11-13,15H,3-10H2,1-2H3,(H,20,23)(H2,19,21,24,27);9-11,13H,2-8,15H2,1H3,(H,16,18);2H2,1H3;1H/t15-,17-,19-;11-,13-,15-;9-,11-,13-;;/m000../s1. The molecule has 4 heterocycles. The molecule has 86 heavy (non-hydrogen) atoms. The fourth-order valence-electron chi connectivity index (χ4n) is 11.2. The largest absolute Gasteiger partial charge is 1.00 e. The number of amides is 6. The summed E-state index contributed by atoms with van der Waals surface area (Å²) in [4.78, 5) is 114. The fourth-order valence-corrected chi connectivity index (χ4v) is 11.5. The van der Waals surface area contributed by atoms with Crippen molar-refractivity contribution in [2.75, 3.05) is 65.9 Å². The second-order valence-corrected chi connectivity index (χ2v) is 23.0. The summed E-state index contributed by atoms with van der Waals surface area (Å²) in [6, 6.07) is -3.43. The molecule has 4 saturated heterocycles. The zero-order chi connectivity index (χ0) is 62.3. The van der Waals surface area contributed by atoms with Crippen LogP contribution in [0.4, 0.5) is 14.4 Å². The smallest absolute Gasteiger partial charge is 0.445 e. The van der Waals surface area contributed by atoms with Crippen LogP contribution in [0.15, 0.2) is 9.36 Å². The number of ketones is 3. The summed E-state index contributed by atoms with van der Waals surface area (Å²) in [5.74, 6) is 0.660. The molecule has 0 bridgehead atoms. The third-order valence-electron chi connectivity index (χ3n) is 15.9. The monoisotopic (exact) mass is 1270 g/mol. The van der Waals surface area contributed by atoms with Crippen molar-refractivity contribution in [1.82, 2.24) is 36.8 Å². The van der Waals surface area contributed by atoms with Gasteiger partial charge in [0.1, 0.15) is 50.0 Å². The highest BCUT2D eigenvalue weighted by Crippen LogP contribution is 2.30. The summed E-state index contributed by atoms with van der Waals surface area (Å²) >= 11 is 9.13. The van der Waals surface area contributed by atoms with Gasteiger partial charge < -0.3 is 77.5 Å². The molecule has 3 saturated carbocycles. The molecule has 4 aliphatic heterocycles. The van der Waals surface area contributed by atoms with E-state index in [0.717, 1.165) is 57.8 Å². The van der Waals surface area contributed by atoms with Crippen LogP contribution in [0, 0.1) is 17.8 Å². The first-order valence-electron chi connectivity index (χ1n) is 30.5. The quantitative estimate of drug-likeness (QED) is 0.0453. The summed E-state index contributed by atoms with van der Waals surface area (Å²) in [6.07, 6.45) is 16.6. The van der Waals surface area contributed by atoms with E-state index >= 15 is 0 Å². The third kappa shape index (κ3) is 27.1. The number of halogens is 1. The zero-order valence-corrected chi connectivity index (χ0v) is 53.4. The Morgan fingerprint density at radius 2 is 1.00 bits per heavy atom. The van der Waals surface area contributed by atoms with Gasteiger partial charge in [0.15, 0.2) is 28.5 Å². The maximum Gasteiger partial charge on any atom is 0.445 e. The normalized spacial score (nSPS) is 24.6. The summed E-state index contributed by atoms with van der Waals surface area (Å²) in [7, 11) is 0. The molecule has 0 radical (unpaired) electrons. The van der Waals surface area contributed by atoms with E-state index in [4.69, 9.17) is 45.6 Å². The average Bonchev–Trinajstić information content (AvgIpc) is 4.27. The number of aliphatic imine (C=N–C) groups is 1. The predicted octanol–water partition coefficient (Wildman–Crippen LogP) is 0.568. The van der Waals surface area contributed by atoms with Gasteiger partial charge in [-0.1, -0.05) is 96.3 Å². The molecule has 0 unspecified atom stereocenters. The van der Waals surface area contributed by atoms with E-state index in [1.54, 1.807) is 34.6 Å². The molecule has 3 aliphatic carbocycles. The van der Waals surface area contributed by atoms with E-state index in [0.29, 0.717) is 69.5 Å². The van der Waals surface area contributed by atoms with Gasteiger partial charge in [-0.3, -0.25) is 39.4 Å². The summed E-state index contributed by atoms with van der Waals surface area (Å²) < 4.78 is 38.2. The van der Waals surface area contributed by atoms with E-state index in [-0.39, 0.29) is 110 Å². The van der Waals surface area contributed by atoms with Crippen molar-refractivity contribution < 1.29 is 94.4 Å². The fraction of sp³-hybridized carbons (Fsp3) is 0.807. The number of Topliss-reactive ketones (excluding diaryl/α,β-unsaturated/α-hetero) is 3. The highest BCUT2D eigenvalue weighted by molar-refractivity contribution is 7.80. The Labute approximate surface area is 522 Å². The van der Waals surface area contributed by atoms with E-state index in [2.05, 4.69) is 59.2 Å². The predicted molar refractivity (Wildman–Crippen MR) is 318 cm³/mol. The Morgan fingerprint density at radius 1 is 0.593 bits per heavy atom. The Balaban J connectivity index is 0.000000325. The van der Waals surface area contributed by atoms with Crippen molar-refractivity contribution >= 4 is 89.1 Å². The van der Waals surface area contributed by atoms with Crippen molar-refractivity contribution in [3.63, 3.8) is 0 Å². The molecule has 29 heteroatoms. The van der Waals surface area contributed by atoms with Gasteiger partial charge in [0.05, 0.1) is 51.3 Å². The van der Waals surface area contributed by atoms with Gasteiger partial charge in [-0.25, -0.2) is 19.4 Å². The highest BCUT2D eigenvalue weighted by atomic mass is 35.5. The van der Waals surface area contributed by atoms with Crippen LogP contribution in [0.2, 0.25) is 0 Å². The molecule has 0 aromatic carbocycles. The third-order valence-corrected chi connectivity index (χ3v) is 16.3. The molecular weight excluding hydrogens is 1180 g/mol. The topological polar surface area (TPSA) is 346 Å². The van der Waals surface area contributed by atoms with Crippen LogP contribution in [0.3, 0.4) is 0 Å². The van der Waals surface area contributed by atoms with E-state index in [9.17, 15) is 43.2 Å². The second-order valence-electron chi connectivity index (χ2n) is 22.4. The number of carbonyl (C=O) groups excluding carboxylic acids is 9. The Hall–Kier alpha value is -5.10. The minimum Gasteiger partial charge on any atom is -1.00 e. The van der Waals surface area contributed by atoms with E-state index in [1.165, 1.54) is 44.9 Å². The average molecular weight is 1280 g/mol. The lowest BCUT2D eigenvalue weighted by atomic mass is 9.84. The molecule has 6 amide bonds. The minimum atomic E-state index is -0.724. The van der Waals surface area contributed by atoms with Gasteiger partial charge in [0, 0.05) is 31.9 Å². The molecular formula is C57H95ClN10O16S2. The van der Waals surface area contributed by atoms with Crippen LogP contribution in [0.5, 0.6) is 0 Å². The van der Waals surface area contributed by atoms with Gasteiger partial charge in [-0.15, -0.1) is 4.36 Å². The first-order valence-corrected chi connectivity index (χ1v) is 31.3. The number of hydrogen-bond donors (Lipinski definition) is 7. The van der Waals surface area contributed by atoms with Crippen LogP contribution in [0.1, 0.15) is 157 Å². The molecule has 9 N–H and O–H groups in total. The first-order chi connectivity index (χ1) is 40.8. The first kappa shape index (κ1) is 75.2. The van der Waals surface area contributed by atoms with Crippen LogP contribution in [-0.2, 0) is 74.4 Å². The summed E-state index contributed by atoms with van der Waals surface area (Å²) in [6.45, 7) is 13.5. The van der Waals surface area contributed by atoms with Crippen molar-refractivity contribution in [3.8, 4) is 0 Å². The Kier molecular flexibility index (Phi) is 36.0. The number of alkyl carbamates (subject to hydrolysis) is 2. The highest BCUT2D eigenvalue weighted by Gasteiger charge is 2.39. The van der Waals surface area contributed by atoms with Crippen molar-refractivity contribution in [1.29, 1.82) is 0 Å². The van der Waals surface area contributed by atoms with E-state index in [1.807, 2.05) is 11.8 Å². The maximum atomic E-state index is 13.3. The molecule has 0 aromatic rings. The molecule has 0 spiro atoms. The molecule has 7 rings (SSSR count). The lowest BCUT2D eigenvalue weighted by molar-refractivity contribution is -0.407. The van der Waals surface area contributed by atoms with E-state index < -0.39 is 48.5 Å². The van der Waals surface area contributed by atoms with Crippen LogP contribution in [0.25, 0.3) is 0 Å². The molecule has 9 atom stereocenters. The Bertz CT molecular complexity index is 2230. The summed E-state index contributed by atoms with van der Waals surface area (Å²) in [5, 5.41) is 16.5.